The van der Waals surface area contributed by atoms with Crippen LogP contribution in [0.15, 0.2) is 152 Å². The molecule has 2 aliphatic rings. The van der Waals surface area contributed by atoms with Gasteiger partial charge in [-0.2, -0.15) is 0 Å². The fourth-order valence-corrected chi connectivity index (χ4v) is 15.0. The first-order valence-corrected chi connectivity index (χ1v) is 22.7. The SMILES string of the molecule is C[Si]1(C)c2ccccc2-c2ccc(N(c3ccccc3-c3ccc4ccccc4c3)c3cccc4c3[Si](C)(C)c3ccccc3-4)cc21. The summed E-state index contributed by atoms with van der Waals surface area (Å²) in [7, 11) is -3.91. The second-order valence-electron chi connectivity index (χ2n) is 14.2. The number of nitrogens with zero attached hydrogens (tertiary/aromatic N) is 1. The predicted molar refractivity (Wildman–Crippen MR) is 208 cm³/mol. The number of para-hydroxylation sites is 1. The molecule has 7 aromatic rings. The van der Waals surface area contributed by atoms with E-state index in [0.29, 0.717) is 0 Å². The van der Waals surface area contributed by atoms with Crippen molar-refractivity contribution in [3.05, 3.63) is 152 Å². The molecule has 47 heavy (non-hydrogen) atoms. The molecule has 0 atom stereocenters. The van der Waals surface area contributed by atoms with Crippen LogP contribution < -0.4 is 25.6 Å². The summed E-state index contributed by atoms with van der Waals surface area (Å²) in [5, 5.41) is 8.65. The summed E-state index contributed by atoms with van der Waals surface area (Å²) in [5.74, 6) is 0. The van der Waals surface area contributed by atoms with Crippen molar-refractivity contribution in [2.75, 3.05) is 4.90 Å². The van der Waals surface area contributed by atoms with Gasteiger partial charge in [0.05, 0.1) is 5.69 Å². The molecule has 0 saturated heterocycles. The smallest absolute Gasteiger partial charge is 0.116 e. The minimum atomic E-state index is -2.02. The van der Waals surface area contributed by atoms with E-state index >= 15 is 0 Å². The first kappa shape index (κ1) is 28.3. The number of hydrogen-bond donors (Lipinski definition) is 0. The zero-order valence-corrected chi connectivity index (χ0v) is 29.4. The number of anilines is 3. The van der Waals surface area contributed by atoms with Gasteiger partial charge >= 0.3 is 0 Å². The van der Waals surface area contributed by atoms with Crippen LogP contribution in [0.4, 0.5) is 17.1 Å². The maximum Gasteiger partial charge on any atom is 0.116 e. The molecule has 7 aromatic carbocycles. The quantitative estimate of drug-likeness (QED) is 0.174. The van der Waals surface area contributed by atoms with Crippen molar-refractivity contribution in [3.63, 3.8) is 0 Å². The molecular weight excluding hydrogens is 599 g/mol. The van der Waals surface area contributed by atoms with E-state index in [2.05, 4.69) is 183 Å². The van der Waals surface area contributed by atoms with Crippen molar-refractivity contribution in [2.24, 2.45) is 0 Å². The van der Waals surface area contributed by atoms with Crippen molar-refractivity contribution >= 4 is 64.7 Å². The lowest BCUT2D eigenvalue weighted by atomic mass is 9.98. The van der Waals surface area contributed by atoms with E-state index in [0.717, 1.165) is 0 Å². The fourth-order valence-electron chi connectivity index (χ4n) is 8.51. The van der Waals surface area contributed by atoms with E-state index in [-0.39, 0.29) is 0 Å². The lowest BCUT2D eigenvalue weighted by Crippen LogP contribution is -2.51. The van der Waals surface area contributed by atoms with Gasteiger partial charge in [0.1, 0.15) is 16.1 Å². The number of hydrogen-bond acceptors (Lipinski definition) is 1. The lowest BCUT2D eigenvalue weighted by Gasteiger charge is -2.33. The summed E-state index contributed by atoms with van der Waals surface area (Å²) in [4.78, 5) is 2.59. The molecule has 0 spiro atoms. The van der Waals surface area contributed by atoms with Crippen LogP contribution in [0.2, 0.25) is 26.2 Å². The highest BCUT2D eigenvalue weighted by Crippen LogP contribution is 2.44. The number of benzene rings is 7. The second kappa shape index (κ2) is 10.3. The highest BCUT2D eigenvalue weighted by Gasteiger charge is 2.42. The molecule has 0 bridgehead atoms. The number of rotatable bonds is 4. The average Bonchev–Trinajstić information content (AvgIpc) is 3.48. The van der Waals surface area contributed by atoms with Gasteiger partial charge in [0.15, 0.2) is 0 Å². The average molecular weight is 636 g/mol. The van der Waals surface area contributed by atoms with Crippen molar-refractivity contribution in [1.29, 1.82) is 0 Å². The first-order chi connectivity index (χ1) is 22.8. The monoisotopic (exact) mass is 635 g/mol. The highest BCUT2D eigenvalue weighted by molar-refractivity contribution is 7.05. The van der Waals surface area contributed by atoms with Crippen molar-refractivity contribution < 1.29 is 0 Å². The Morgan fingerprint density at radius 3 is 1.74 bits per heavy atom. The number of fused-ring (bicyclic) bond motifs is 7. The standard InChI is InChI=1S/C44H37NSi2/c1-46(2)41-22-11-8-17-35(41)37-27-26-33(29-43(37)46)45(40-21-13-19-38-36-18-9-12-23-42(36)47(3,4)44(38)40)39-20-10-7-16-34(39)32-25-24-30-14-5-6-15-31(30)28-32/h5-29H,1-4H3. The largest absolute Gasteiger partial charge is 0.310 e. The van der Waals surface area contributed by atoms with Crippen molar-refractivity contribution in [2.45, 2.75) is 26.2 Å². The van der Waals surface area contributed by atoms with Gasteiger partial charge in [-0.25, -0.2) is 0 Å². The molecule has 0 radical (unpaired) electrons. The van der Waals surface area contributed by atoms with Crippen LogP contribution in [0.5, 0.6) is 0 Å². The second-order valence-corrected chi connectivity index (χ2v) is 22.8. The maximum atomic E-state index is 2.59. The van der Waals surface area contributed by atoms with Gasteiger partial charge in [0, 0.05) is 16.9 Å². The fraction of sp³-hybridized carbons (Fsp3) is 0.0909. The molecule has 0 unspecified atom stereocenters. The van der Waals surface area contributed by atoms with Crippen LogP contribution in [0.3, 0.4) is 0 Å². The third-order valence-corrected chi connectivity index (χ3v) is 17.9. The molecular formula is C44H37NSi2. The summed E-state index contributed by atoms with van der Waals surface area (Å²) < 4.78 is 0. The van der Waals surface area contributed by atoms with Crippen LogP contribution in [-0.2, 0) is 0 Å². The van der Waals surface area contributed by atoms with Crippen LogP contribution in [0, 0.1) is 0 Å². The molecule has 226 valence electrons. The third-order valence-electron chi connectivity index (χ3n) is 10.8. The third kappa shape index (κ3) is 4.13. The molecule has 3 heteroatoms. The zero-order valence-electron chi connectivity index (χ0n) is 27.4. The van der Waals surface area contributed by atoms with Crippen LogP contribution in [0.1, 0.15) is 0 Å². The molecule has 0 N–H and O–H groups in total. The summed E-state index contributed by atoms with van der Waals surface area (Å²) in [5.41, 5.74) is 11.9. The predicted octanol–water partition coefficient (Wildman–Crippen LogP) is 9.58. The molecule has 0 amide bonds. The molecule has 0 saturated carbocycles. The summed E-state index contributed by atoms with van der Waals surface area (Å²) >= 11 is 0. The maximum absolute atomic E-state index is 2.59. The molecule has 0 fully saturated rings. The normalized spacial score (nSPS) is 14.7. The summed E-state index contributed by atoms with van der Waals surface area (Å²) in [6.45, 7) is 10.1. The molecule has 1 nitrogen and oxygen atoms in total. The van der Waals surface area contributed by atoms with Gasteiger partial charge in [0.2, 0.25) is 0 Å². The minimum Gasteiger partial charge on any atom is -0.310 e. The molecule has 0 aliphatic carbocycles. The van der Waals surface area contributed by atoms with E-state index < -0.39 is 16.1 Å². The van der Waals surface area contributed by atoms with Crippen LogP contribution in [0.25, 0.3) is 44.2 Å². The van der Waals surface area contributed by atoms with E-state index in [9.17, 15) is 0 Å². The summed E-state index contributed by atoms with van der Waals surface area (Å²) in [6.07, 6.45) is 0. The minimum absolute atomic E-state index is 1.21. The van der Waals surface area contributed by atoms with Gasteiger partial charge < -0.3 is 4.90 Å². The van der Waals surface area contributed by atoms with E-state index in [4.69, 9.17) is 0 Å². The van der Waals surface area contributed by atoms with Gasteiger partial charge in [-0.3, -0.25) is 0 Å². The van der Waals surface area contributed by atoms with Crippen LogP contribution in [-0.4, -0.2) is 16.1 Å². The van der Waals surface area contributed by atoms with Gasteiger partial charge in [-0.05, 0) is 89.7 Å². The van der Waals surface area contributed by atoms with E-state index in [1.807, 2.05) is 0 Å². The topological polar surface area (TPSA) is 3.24 Å². The Bertz CT molecular complexity index is 2380. The van der Waals surface area contributed by atoms with Gasteiger partial charge in [-0.15, -0.1) is 0 Å². The molecule has 0 aromatic heterocycles. The van der Waals surface area contributed by atoms with Crippen molar-refractivity contribution in [1.82, 2.24) is 0 Å². The lowest BCUT2D eigenvalue weighted by molar-refractivity contribution is 1.30. The highest BCUT2D eigenvalue weighted by atomic mass is 28.3. The molecule has 9 rings (SSSR count). The Morgan fingerprint density at radius 2 is 0.957 bits per heavy atom. The Hall–Kier alpha value is -4.97. The molecule has 2 heterocycles. The Balaban J connectivity index is 1.32. The zero-order chi connectivity index (χ0) is 31.9. The Kier molecular flexibility index (Phi) is 6.18. The Morgan fingerprint density at radius 1 is 0.383 bits per heavy atom. The molecule has 2 aliphatic heterocycles. The van der Waals surface area contributed by atoms with Crippen LogP contribution >= 0.6 is 0 Å². The van der Waals surface area contributed by atoms with Gasteiger partial charge in [0.25, 0.3) is 0 Å². The Labute approximate surface area is 279 Å². The van der Waals surface area contributed by atoms with Crippen molar-refractivity contribution in [3.8, 4) is 33.4 Å². The first-order valence-electron chi connectivity index (χ1n) is 16.7. The van der Waals surface area contributed by atoms with E-state index in [1.54, 1.807) is 5.19 Å². The van der Waals surface area contributed by atoms with Gasteiger partial charge in [-0.1, -0.05) is 148 Å². The van der Waals surface area contributed by atoms with E-state index in [1.165, 1.54) is 76.8 Å². The summed E-state index contributed by atoms with van der Waals surface area (Å²) in [6, 6.07) is 57.1.